The van der Waals surface area contributed by atoms with E-state index in [2.05, 4.69) is 0 Å². The smallest absolute Gasteiger partial charge is 0.331 e. The summed E-state index contributed by atoms with van der Waals surface area (Å²) in [6.07, 6.45) is -12.1. The molecule has 0 spiro atoms. The molecule has 0 radical (unpaired) electrons. The Morgan fingerprint density at radius 1 is 0.848 bits per heavy atom. The van der Waals surface area contributed by atoms with Crippen LogP contribution in [0.1, 0.15) is 25.0 Å². The van der Waals surface area contributed by atoms with Gasteiger partial charge in [-0.25, -0.2) is 4.79 Å². The summed E-state index contributed by atoms with van der Waals surface area (Å²) < 4.78 is 34.5. The topological polar surface area (TPSA) is 231 Å². The van der Waals surface area contributed by atoms with Crippen molar-refractivity contribution >= 4 is 18.0 Å². The van der Waals surface area contributed by atoms with E-state index in [4.69, 9.17) is 28.4 Å². The molecule has 15 nitrogen and oxygen atoms in total. The summed E-state index contributed by atoms with van der Waals surface area (Å²) in [6.45, 7) is 1.71. The van der Waals surface area contributed by atoms with Crippen LogP contribution in [0, 0.1) is 0 Å². The predicted octanol–water partition coefficient (Wildman–Crippen LogP) is -0.151. The first-order valence-corrected chi connectivity index (χ1v) is 14.5. The fraction of sp³-hybridized carbons (Fsp3) is 0.484. The predicted molar refractivity (Wildman–Crippen MR) is 155 cm³/mol. The van der Waals surface area contributed by atoms with Crippen molar-refractivity contribution < 1.29 is 73.8 Å². The van der Waals surface area contributed by atoms with E-state index < -0.39 is 80.0 Å². The van der Waals surface area contributed by atoms with Gasteiger partial charge < -0.3 is 64.2 Å². The van der Waals surface area contributed by atoms with Gasteiger partial charge in [0.1, 0.15) is 36.3 Å². The number of hydrogen-bond donors (Lipinski definition) is 7. The molecule has 0 aromatic heterocycles. The van der Waals surface area contributed by atoms with Crippen molar-refractivity contribution in [1.82, 2.24) is 0 Å². The number of hydrogen-bond acceptors (Lipinski definition) is 15. The molecule has 2 aromatic carbocycles. The number of benzene rings is 2. The minimum Gasteiger partial charge on any atom is -0.508 e. The first kappa shape index (κ1) is 35.1. The van der Waals surface area contributed by atoms with Gasteiger partial charge in [0.2, 0.25) is 0 Å². The third kappa shape index (κ3) is 8.71. The first-order chi connectivity index (χ1) is 21.9. The van der Waals surface area contributed by atoms with Gasteiger partial charge in [-0.3, -0.25) is 4.79 Å². The number of phenolic OH excluding ortho intramolecular Hbond substituents is 3. The Morgan fingerprint density at radius 2 is 1.57 bits per heavy atom. The number of aliphatic hydroxyl groups is 4. The average molecular weight is 651 g/mol. The molecule has 252 valence electrons. The molecule has 0 saturated carbocycles. The molecule has 2 fully saturated rings. The molecule has 2 aromatic rings. The van der Waals surface area contributed by atoms with Gasteiger partial charge in [-0.2, -0.15) is 0 Å². The molecule has 46 heavy (non-hydrogen) atoms. The molecular formula is C31H38O15. The summed E-state index contributed by atoms with van der Waals surface area (Å²) in [7, 11) is 0. The second-order valence-electron chi connectivity index (χ2n) is 10.9. The van der Waals surface area contributed by atoms with E-state index >= 15 is 0 Å². The van der Waals surface area contributed by atoms with Crippen LogP contribution in [0.15, 0.2) is 48.5 Å². The molecule has 7 N–H and O–H groups in total. The number of ether oxygens (including phenoxy) is 6. The lowest BCUT2D eigenvalue weighted by Crippen LogP contribution is -2.65. The third-order valence-electron chi connectivity index (χ3n) is 7.44. The number of aliphatic hydroxyl groups excluding tert-OH is 4. The second-order valence-corrected chi connectivity index (χ2v) is 10.9. The largest absolute Gasteiger partial charge is 0.508 e. The molecule has 2 saturated heterocycles. The summed E-state index contributed by atoms with van der Waals surface area (Å²) in [5.41, 5.74) is 1.13. The van der Waals surface area contributed by atoms with E-state index in [1.165, 1.54) is 37.3 Å². The lowest BCUT2D eigenvalue weighted by Gasteiger charge is -2.47. The molecule has 2 aliphatic heterocycles. The van der Waals surface area contributed by atoms with Crippen molar-refractivity contribution in [3.63, 3.8) is 0 Å². The van der Waals surface area contributed by atoms with Crippen LogP contribution in [0.4, 0.5) is 0 Å². The van der Waals surface area contributed by atoms with Gasteiger partial charge in [-0.05, 0) is 54.8 Å². The van der Waals surface area contributed by atoms with Crippen molar-refractivity contribution in [3.8, 4) is 17.2 Å². The van der Waals surface area contributed by atoms with E-state index in [1.54, 1.807) is 18.2 Å². The second kappa shape index (κ2) is 15.7. The molecule has 4 rings (SSSR count). The number of esters is 2. The zero-order valence-corrected chi connectivity index (χ0v) is 25.0. The molecule has 10 atom stereocenters. The average Bonchev–Trinajstić information content (AvgIpc) is 3.02. The minimum atomic E-state index is -1.79. The standard InChI is InChI=1S/C31H38O15/c1-15-24(38)25(39)26(40)30(42-15)46-28-27(45-23(37)10-6-17-3-7-19(34)8-4-17)22(14-32)44-31(29(28)43-16(2)33)41-12-11-18-5-9-20(35)21(36)13-18/h3-10,13,15,22,24-32,34-36,38-40H,11-12,14H2,1-2H3/b10-6+/t15-,22-,24-,25+,26+,27-,28+,29-,30+,31-/m0/s1. The van der Waals surface area contributed by atoms with Crippen LogP contribution >= 0.6 is 0 Å². The Labute approximate surface area is 263 Å². The number of phenols is 3. The summed E-state index contributed by atoms with van der Waals surface area (Å²) in [6, 6.07) is 10.1. The summed E-state index contributed by atoms with van der Waals surface area (Å²) in [5.74, 6) is -2.35. The molecule has 0 amide bonds. The van der Waals surface area contributed by atoms with E-state index in [0.717, 1.165) is 13.0 Å². The van der Waals surface area contributed by atoms with Crippen LogP contribution < -0.4 is 0 Å². The van der Waals surface area contributed by atoms with Crippen LogP contribution in [0.5, 0.6) is 17.2 Å². The van der Waals surface area contributed by atoms with E-state index in [0.29, 0.717) is 11.1 Å². The van der Waals surface area contributed by atoms with Gasteiger partial charge in [-0.1, -0.05) is 18.2 Å². The zero-order valence-electron chi connectivity index (χ0n) is 25.0. The Bertz CT molecular complexity index is 1350. The molecule has 0 bridgehead atoms. The van der Waals surface area contributed by atoms with E-state index in [-0.39, 0.29) is 30.3 Å². The van der Waals surface area contributed by atoms with Gasteiger partial charge in [-0.15, -0.1) is 0 Å². The van der Waals surface area contributed by atoms with Crippen LogP contribution in [0.3, 0.4) is 0 Å². The molecular weight excluding hydrogens is 612 g/mol. The fourth-order valence-electron chi connectivity index (χ4n) is 4.99. The minimum absolute atomic E-state index is 0.0263. The first-order valence-electron chi connectivity index (χ1n) is 14.5. The molecule has 0 unspecified atom stereocenters. The van der Waals surface area contributed by atoms with Crippen LogP contribution in [0.25, 0.3) is 6.08 Å². The molecule has 2 aliphatic rings. The Morgan fingerprint density at radius 3 is 2.22 bits per heavy atom. The van der Waals surface area contributed by atoms with Gasteiger partial charge in [0.15, 0.2) is 36.3 Å². The summed E-state index contributed by atoms with van der Waals surface area (Å²) in [4.78, 5) is 25.2. The van der Waals surface area contributed by atoms with Crippen molar-refractivity contribution in [2.24, 2.45) is 0 Å². The van der Waals surface area contributed by atoms with Crippen LogP contribution in [-0.2, 0) is 44.4 Å². The number of rotatable bonds is 11. The fourth-order valence-corrected chi connectivity index (χ4v) is 4.99. The Hall–Kier alpha value is -3.80. The van der Waals surface area contributed by atoms with Crippen molar-refractivity contribution in [2.75, 3.05) is 13.2 Å². The van der Waals surface area contributed by atoms with Crippen molar-refractivity contribution in [1.29, 1.82) is 0 Å². The highest BCUT2D eigenvalue weighted by atomic mass is 16.8. The number of aromatic hydroxyl groups is 3. The monoisotopic (exact) mass is 650 g/mol. The van der Waals surface area contributed by atoms with Gasteiger partial charge in [0.05, 0.1) is 19.3 Å². The highest BCUT2D eigenvalue weighted by Gasteiger charge is 2.54. The lowest BCUT2D eigenvalue weighted by atomic mass is 9.96. The normalized spacial score (nSPS) is 31.4. The van der Waals surface area contributed by atoms with E-state index in [1.807, 2.05) is 0 Å². The third-order valence-corrected chi connectivity index (χ3v) is 7.44. The van der Waals surface area contributed by atoms with Gasteiger partial charge in [0, 0.05) is 13.0 Å². The van der Waals surface area contributed by atoms with Crippen LogP contribution in [0.2, 0.25) is 0 Å². The SMILES string of the molecule is CC(=O)O[C@@H]1[C@@H](OCCc2ccc(O)c(O)c2)O[C@@H](CO)[C@H](OC(=O)/C=C/c2ccc(O)cc2)[C@H]1O[C@H]1O[C@@H](C)[C@H](O)[C@@H](O)[C@H]1O. The van der Waals surface area contributed by atoms with Crippen LogP contribution in [-0.4, -0.2) is 122 Å². The van der Waals surface area contributed by atoms with E-state index in [9.17, 15) is 45.3 Å². The molecule has 0 aliphatic carbocycles. The summed E-state index contributed by atoms with van der Waals surface area (Å²) in [5, 5.41) is 70.3. The highest BCUT2D eigenvalue weighted by Crippen LogP contribution is 2.33. The molecule has 2 heterocycles. The quantitative estimate of drug-likeness (QED) is 0.0952. The highest BCUT2D eigenvalue weighted by molar-refractivity contribution is 5.87. The Kier molecular flexibility index (Phi) is 11.9. The zero-order chi connectivity index (χ0) is 33.5. The molecule has 15 heteroatoms. The lowest BCUT2D eigenvalue weighted by molar-refractivity contribution is -0.358. The summed E-state index contributed by atoms with van der Waals surface area (Å²) >= 11 is 0. The van der Waals surface area contributed by atoms with Gasteiger partial charge >= 0.3 is 11.9 Å². The van der Waals surface area contributed by atoms with Crippen molar-refractivity contribution in [2.45, 2.75) is 81.7 Å². The van der Waals surface area contributed by atoms with Gasteiger partial charge in [0.25, 0.3) is 0 Å². The Balaban J connectivity index is 1.61. The maximum Gasteiger partial charge on any atom is 0.331 e. The maximum absolute atomic E-state index is 13.0. The number of carbonyl (C=O) groups is 2. The number of carbonyl (C=O) groups excluding carboxylic acids is 2. The van der Waals surface area contributed by atoms with Crippen molar-refractivity contribution in [3.05, 3.63) is 59.7 Å². The maximum atomic E-state index is 13.0.